The van der Waals surface area contributed by atoms with Crippen LogP contribution in [0.2, 0.25) is 19.6 Å². The third kappa shape index (κ3) is 5.35. The van der Waals surface area contributed by atoms with Gasteiger partial charge in [0, 0.05) is 0 Å². The molecular weight excluding hydrogens is 242 g/mol. The molecule has 1 atom stereocenters. The Morgan fingerprint density at radius 2 is 2.28 bits per heavy atom. The smallest absolute Gasteiger partial charge is 0.185 e. The first-order valence-electron chi connectivity index (χ1n) is 6.17. The highest BCUT2D eigenvalue weighted by Crippen LogP contribution is 2.15. The molecule has 0 radical (unpaired) electrons. The number of rotatable bonds is 6. The molecule has 1 heterocycles. The van der Waals surface area contributed by atoms with E-state index in [1.54, 1.807) is 12.5 Å². The first kappa shape index (κ1) is 14.7. The Morgan fingerprint density at radius 1 is 1.56 bits per heavy atom. The fourth-order valence-corrected chi connectivity index (χ4v) is 2.53. The van der Waals surface area contributed by atoms with E-state index in [1.807, 2.05) is 13.0 Å². The van der Waals surface area contributed by atoms with Gasteiger partial charge in [-0.3, -0.25) is 0 Å². The van der Waals surface area contributed by atoms with Crippen LogP contribution in [0.15, 0.2) is 34.7 Å². The number of nitrogens with zero attached hydrogens (tertiary/aromatic N) is 1. The van der Waals surface area contributed by atoms with Crippen LogP contribution in [0.25, 0.3) is 0 Å². The van der Waals surface area contributed by atoms with Crippen molar-refractivity contribution in [3.05, 3.63) is 35.8 Å². The van der Waals surface area contributed by atoms with Gasteiger partial charge < -0.3 is 8.84 Å². The van der Waals surface area contributed by atoms with Crippen LogP contribution in [0.3, 0.4) is 0 Å². The summed E-state index contributed by atoms with van der Waals surface area (Å²) >= 11 is 0. The molecule has 0 fully saturated rings. The van der Waals surface area contributed by atoms with Gasteiger partial charge in [-0.15, -0.1) is 0 Å². The van der Waals surface area contributed by atoms with Crippen LogP contribution in [0.1, 0.15) is 18.9 Å². The molecule has 1 aromatic heterocycles. The summed E-state index contributed by atoms with van der Waals surface area (Å²) in [5.41, 5.74) is 2.18. The average Bonchev–Trinajstić information content (AvgIpc) is 2.77. The van der Waals surface area contributed by atoms with Crippen molar-refractivity contribution in [3.63, 3.8) is 0 Å². The summed E-state index contributed by atoms with van der Waals surface area (Å²) in [6.07, 6.45) is 6.95. The lowest BCUT2D eigenvalue weighted by Gasteiger charge is -2.22. The molecule has 0 aliphatic heterocycles. The van der Waals surface area contributed by atoms with E-state index >= 15 is 0 Å². The SMILES string of the molecule is C/C(=C\CCc1ccoc1)C(C#N)O[Si](C)(C)C. The van der Waals surface area contributed by atoms with E-state index in [9.17, 15) is 0 Å². The Bertz CT molecular complexity index is 424. The van der Waals surface area contributed by atoms with Crippen LogP contribution < -0.4 is 0 Å². The van der Waals surface area contributed by atoms with E-state index in [-0.39, 0.29) is 0 Å². The number of nitriles is 1. The highest BCUT2D eigenvalue weighted by Gasteiger charge is 2.21. The van der Waals surface area contributed by atoms with Crippen LogP contribution in [-0.2, 0) is 10.8 Å². The van der Waals surface area contributed by atoms with E-state index in [1.165, 1.54) is 5.56 Å². The first-order valence-corrected chi connectivity index (χ1v) is 9.58. The minimum absolute atomic E-state index is 0.402. The Balaban J connectivity index is 2.50. The molecule has 18 heavy (non-hydrogen) atoms. The average molecular weight is 263 g/mol. The highest BCUT2D eigenvalue weighted by atomic mass is 28.4. The van der Waals surface area contributed by atoms with Gasteiger partial charge in [-0.1, -0.05) is 6.08 Å². The quantitative estimate of drug-likeness (QED) is 0.577. The fourth-order valence-electron chi connectivity index (χ4n) is 1.58. The molecule has 0 N–H and O–H groups in total. The zero-order chi connectivity index (χ0) is 13.6. The molecule has 0 saturated carbocycles. The van der Waals surface area contributed by atoms with Crippen LogP contribution in [-0.4, -0.2) is 14.4 Å². The molecule has 0 bridgehead atoms. The molecule has 0 aliphatic carbocycles. The van der Waals surface area contributed by atoms with E-state index in [0.29, 0.717) is 0 Å². The second kappa shape index (κ2) is 6.57. The molecule has 0 saturated heterocycles. The summed E-state index contributed by atoms with van der Waals surface area (Å²) < 4.78 is 10.8. The van der Waals surface area contributed by atoms with Crippen molar-refractivity contribution >= 4 is 8.32 Å². The minimum atomic E-state index is -1.67. The van der Waals surface area contributed by atoms with Crippen molar-refractivity contribution in [2.45, 2.75) is 45.5 Å². The van der Waals surface area contributed by atoms with Gasteiger partial charge in [-0.25, -0.2) is 0 Å². The molecule has 1 aromatic rings. The van der Waals surface area contributed by atoms with Gasteiger partial charge in [0.15, 0.2) is 14.4 Å². The van der Waals surface area contributed by atoms with E-state index in [4.69, 9.17) is 14.1 Å². The van der Waals surface area contributed by atoms with E-state index < -0.39 is 14.4 Å². The summed E-state index contributed by atoms with van der Waals surface area (Å²) in [6.45, 7) is 8.24. The van der Waals surface area contributed by atoms with E-state index in [0.717, 1.165) is 18.4 Å². The molecule has 0 spiro atoms. The number of hydrogen-bond acceptors (Lipinski definition) is 3. The lowest BCUT2D eigenvalue weighted by molar-refractivity contribution is 0.283. The predicted molar refractivity (Wildman–Crippen MR) is 74.6 cm³/mol. The Morgan fingerprint density at radius 3 is 2.78 bits per heavy atom. The lowest BCUT2D eigenvalue weighted by Crippen LogP contribution is -2.31. The summed E-state index contributed by atoms with van der Waals surface area (Å²) in [4.78, 5) is 0. The predicted octanol–water partition coefficient (Wildman–Crippen LogP) is 3.90. The minimum Gasteiger partial charge on any atom is -0.472 e. The van der Waals surface area contributed by atoms with Crippen LogP contribution in [0.5, 0.6) is 0 Å². The zero-order valence-corrected chi connectivity index (χ0v) is 12.6. The number of hydrogen-bond donors (Lipinski definition) is 0. The van der Waals surface area contributed by atoms with Gasteiger partial charge in [-0.05, 0) is 56.6 Å². The standard InChI is InChI=1S/C14H21NO2Si/c1-12(14(10-15)17-18(2,3)4)6-5-7-13-8-9-16-11-13/h6,8-9,11,14H,5,7H2,1-4H3/b12-6+. The molecule has 1 unspecified atom stereocenters. The van der Waals surface area contributed by atoms with Crippen molar-refractivity contribution in [1.29, 1.82) is 5.26 Å². The third-order valence-corrected chi connectivity index (χ3v) is 3.42. The number of aryl methyl sites for hydroxylation is 1. The Kier molecular flexibility index (Phi) is 5.39. The van der Waals surface area contributed by atoms with Crippen molar-refractivity contribution in [1.82, 2.24) is 0 Å². The largest absolute Gasteiger partial charge is 0.472 e. The Labute approximate surface area is 110 Å². The maximum absolute atomic E-state index is 9.13. The normalized spacial score (nSPS) is 14.3. The summed E-state index contributed by atoms with van der Waals surface area (Å²) in [5, 5.41) is 9.13. The molecule has 3 nitrogen and oxygen atoms in total. The van der Waals surface area contributed by atoms with Crippen molar-refractivity contribution < 1.29 is 8.84 Å². The topological polar surface area (TPSA) is 46.2 Å². The molecule has 0 amide bonds. The summed E-state index contributed by atoms with van der Waals surface area (Å²) in [5.74, 6) is 0. The van der Waals surface area contributed by atoms with Crippen molar-refractivity contribution in [3.8, 4) is 6.07 Å². The number of furan rings is 1. The van der Waals surface area contributed by atoms with Gasteiger partial charge in [0.1, 0.15) is 0 Å². The number of allylic oxidation sites excluding steroid dienone is 1. The second-order valence-electron chi connectivity index (χ2n) is 5.36. The molecule has 0 aromatic carbocycles. The van der Waals surface area contributed by atoms with Crippen LogP contribution >= 0.6 is 0 Å². The maximum Gasteiger partial charge on any atom is 0.185 e. The molecular formula is C14H21NO2Si. The van der Waals surface area contributed by atoms with Gasteiger partial charge in [0.25, 0.3) is 0 Å². The summed E-state index contributed by atoms with van der Waals surface area (Å²) in [6, 6.07) is 4.19. The molecule has 0 aliphatic rings. The molecule has 4 heteroatoms. The highest BCUT2D eigenvalue weighted by molar-refractivity contribution is 6.69. The van der Waals surface area contributed by atoms with Crippen molar-refractivity contribution in [2.24, 2.45) is 0 Å². The third-order valence-electron chi connectivity index (χ3n) is 2.48. The lowest BCUT2D eigenvalue weighted by atomic mass is 10.1. The maximum atomic E-state index is 9.13. The first-order chi connectivity index (χ1) is 8.42. The molecule has 98 valence electrons. The van der Waals surface area contributed by atoms with Gasteiger partial charge in [0.2, 0.25) is 0 Å². The summed E-state index contributed by atoms with van der Waals surface area (Å²) in [7, 11) is -1.67. The fraction of sp³-hybridized carbons (Fsp3) is 0.500. The Hall–Kier alpha value is -1.31. The molecule has 1 rings (SSSR count). The second-order valence-corrected chi connectivity index (χ2v) is 9.82. The zero-order valence-electron chi connectivity index (χ0n) is 11.6. The van der Waals surface area contributed by atoms with Gasteiger partial charge in [-0.2, -0.15) is 5.26 Å². The van der Waals surface area contributed by atoms with E-state index in [2.05, 4.69) is 31.8 Å². The van der Waals surface area contributed by atoms with Crippen LogP contribution in [0, 0.1) is 11.3 Å². The van der Waals surface area contributed by atoms with Crippen LogP contribution in [0.4, 0.5) is 0 Å². The van der Waals surface area contributed by atoms with Gasteiger partial charge >= 0.3 is 0 Å². The van der Waals surface area contributed by atoms with Crippen molar-refractivity contribution in [2.75, 3.05) is 0 Å². The van der Waals surface area contributed by atoms with Gasteiger partial charge in [0.05, 0.1) is 18.6 Å². The monoisotopic (exact) mass is 263 g/mol.